The van der Waals surface area contributed by atoms with E-state index in [2.05, 4.69) is 24.0 Å². The first-order valence-electron chi connectivity index (χ1n) is 6.73. The van der Waals surface area contributed by atoms with Crippen molar-refractivity contribution in [1.82, 2.24) is 4.90 Å². The second-order valence-electron chi connectivity index (χ2n) is 4.82. The Kier molecular flexibility index (Phi) is 7.48. The van der Waals surface area contributed by atoms with Crippen LogP contribution in [0.15, 0.2) is 24.3 Å². The largest absolute Gasteiger partial charge is 0.399 e. The van der Waals surface area contributed by atoms with Crippen LogP contribution in [0.3, 0.4) is 0 Å². The van der Waals surface area contributed by atoms with Crippen molar-refractivity contribution in [2.75, 3.05) is 46.3 Å². The third-order valence-corrected chi connectivity index (χ3v) is 3.30. The molecule has 0 radical (unpaired) electrons. The van der Waals surface area contributed by atoms with Gasteiger partial charge >= 0.3 is 0 Å². The highest BCUT2D eigenvalue weighted by Gasteiger charge is 2.13. The van der Waals surface area contributed by atoms with Crippen LogP contribution in [-0.2, 0) is 15.9 Å². The molecular weight excluding hydrogens is 240 g/mol. The summed E-state index contributed by atoms with van der Waals surface area (Å²) in [5, 5.41) is 0. The van der Waals surface area contributed by atoms with Gasteiger partial charge in [0, 0.05) is 39.0 Å². The van der Waals surface area contributed by atoms with Crippen molar-refractivity contribution in [2.45, 2.75) is 19.4 Å². The smallest absolute Gasteiger partial charge is 0.0589 e. The molecular formula is C15H26N2O2. The van der Waals surface area contributed by atoms with Gasteiger partial charge in [0.25, 0.3) is 0 Å². The fraction of sp³-hybridized carbons (Fsp3) is 0.600. The number of benzene rings is 1. The highest BCUT2D eigenvalue weighted by atomic mass is 16.5. The number of methoxy groups -OCH3 is 2. The number of rotatable bonds is 9. The number of hydrogen-bond donors (Lipinski definition) is 1. The van der Waals surface area contributed by atoms with Gasteiger partial charge in [0.15, 0.2) is 0 Å². The van der Waals surface area contributed by atoms with E-state index in [4.69, 9.17) is 15.2 Å². The van der Waals surface area contributed by atoms with Gasteiger partial charge in [-0.3, -0.25) is 4.90 Å². The summed E-state index contributed by atoms with van der Waals surface area (Å²) in [6.07, 6.45) is 1.01. The molecule has 1 aromatic carbocycles. The van der Waals surface area contributed by atoms with Crippen molar-refractivity contribution in [2.24, 2.45) is 0 Å². The highest BCUT2D eigenvalue weighted by Crippen LogP contribution is 2.11. The van der Waals surface area contributed by atoms with Gasteiger partial charge in [0.05, 0.1) is 13.2 Å². The lowest BCUT2D eigenvalue weighted by molar-refractivity contribution is 0.0919. The van der Waals surface area contributed by atoms with E-state index in [1.54, 1.807) is 14.2 Å². The molecule has 1 unspecified atom stereocenters. The molecule has 4 nitrogen and oxygen atoms in total. The number of nitrogens with two attached hydrogens (primary N) is 1. The molecule has 0 spiro atoms. The maximum Gasteiger partial charge on any atom is 0.0589 e. The highest BCUT2D eigenvalue weighted by molar-refractivity contribution is 5.39. The number of nitrogen functional groups attached to an aromatic ring is 1. The lowest BCUT2D eigenvalue weighted by atomic mass is 10.1. The van der Waals surface area contributed by atoms with Crippen molar-refractivity contribution >= 4 is 5.69 Å². The van der Waals surface area contributed by atoms with Gasteiger partial charge in [0.2, 0.25) is 0 Å². The lowest BCUT2D eigenvalue weighted by Crippen LogP contribution is -2.39. The summed E-state index contributed by atoms with van der Waals surface area (Å²) in [5.41, 5.74) is 7.82. The first-order chi connectivity index (χ1) is 9.17. The normalized spacial score (nSPS) is 12.8. The molecule has 0 amide bonds. The molecule has 0 aliphatic carbocycles. The molecule has 0 aromatic heterocycles. The van der Waals surface area contributed by atoms with Crippen LogP contribution >= 0.6 is 0 Å². The Balaban J connectivity index is 2.53. The Morgan fingerprint density at radius 2 is 1.58 bits per heavy atom. The molecule has 1 aromatic rings. The summed E-state index contributed by atoms with van der Waals surface area (Å²) in [6, 6.07) is 8.55. The molecule has 4 heteroatoms. The van der Waals surface area contributed by atoms with Crippen LogP contribution in [0.5, 0.6) is 0 Å². The van der Waals surface area contributed by atoms with Crippen LogP contribution in [0, 0.1) is 0 Å². The van der Waals surface area contributed by atoms with E-state index < -0.39 is 0 Å². The predicted molar refractivity (Wildman–Crippen MR) is 79.3 cm³/mol. The average molecular weight is 266 g/mol. The molecule has 1 atom stereocenters. The zero-order valence-corrected chi connectivity index (χ0v) is 12.3. The van der Waals surface area contributed by atoms with Crippen molar-refractivity contribution in [3.8, 4) is 0 Å². The molecule has 2 N–H and O–H groups in total. The Hall–Kier alpha value is -1.10. The van der Waals surface area contributed by atoms with E-state index in [-0.39, 0.29) is 0 Å². The van der Waals surface area contributed by atoms with Crippen LogP contribution in [0.1, 0.15) is 12.5 Å². The molecule has 0 fully saturated rings. The molecule has 0 bridgehead atoms. The van der Waals surface area contributed by atoms with Gasteiger partial charge in [-0.25, -0.2) is 0 Å². The minimum absolute atomic E-state index is 0.453. The third-order valence-electron chi connectivity index (χ3n) is 3.30. The monoisotopic (exact) mass is 266 g/mol. The van der Waals surface area contributed by atoms with Crippen molar-refractivity contribution in [3.63, 3.8) is 0 Å². The number of nitrogens with zero attached hydrogens (tertiary/aromatic N) is 1. The second kappa shape index (κ2) is 8.91. The van der Waals surface area contributed by atoms with Gasteiger partial charge in [-0.15, -0.1) is 0 Å². The van der Waals surface area contributed by atoms with Crippen LogP contribution < -0.4 is 5.73 Å². The fourth-order valence-electron chi connectivity index (χ4n) is 2.09. The predicted octanol–water partition coefficient (Wildman–Crippen LogP) is 1.79. The SMILES string of the molecule is COCCN(CCOC)C(C)Cc1ccc(N)cc1. The summed E-state index contributed by atoms with van der Waals surface area (Å²) in [7, 11) is 3.47. The number of hydrogen-bond acceptors (Lipinski definition) is 4. The maximum atomic E-state index is 5.71. The minimum atomic E-state index is 0.453. The van der Waals surface area contributed by atoms with E-state index in [1.165, 1.54) is 5.56 Å². The van der Waals surface area contributed by atoms with Crippen molar-refractivity contribution in [3.05, 3.63) is 29.8 Å². The van der Waals surface area contributed by atoms with E-state index >= 15 is 0 Å². The quantitative estimate of drug-likeness (QED) is 0.692. The van der Waals surface area contributed by atoms with E-state index in [0.717, 1.165) is 38.4 Å². The minimum Gasteiger partial charge on any atom is -0.399 e. The summed E-state index contributed by atoms with van der Waals surface area (Å²) < 4.78 is 10.3. The Labute approximate surface area is 116 Å². The summed E-state index contributed by atoms with van der Waals surface area (Å²) in [6.45, 7) is 5.58. The molecule has 108 valence electrons. The zero-order chi connectivity index (χ0) is 14.1. The molecule has 0 saturated heterocycles. The molecule has 0 saturated carbocycles. The van der Waals surface area contributed by atoms with Gasteiger partial charge in [0.1, 0.15) is 0 Å². The summed E-state index contributed by atoms with van der Waals surface area (Å²) in [5.74, 6) is 0. The Bertz CT molecular complexity index is 333. The van der Waals surface area contributed by atoms with Crippen LogP contribution in [0.4, 0.5) is 5.69 Å². The van der Waals surface area contributed by atoms with Gasteiger partial charge in [-0.2, -0.15) is 0 Å². The van der Waals surface area contributed by atoms with Crippen molar-refractivity contribution < 1.29 is 9.47 Å². The molecule has 0 heterocycles. The van der Waals surface area contributed by atoms with E-state index in [1.807, 2.05) is 12.1 Å². The number of ether oxygens (including phenoxy) is 2. The first-order valence-corrected chi connectivity index (χ1v) is 6.73. The van der Waals surface area contributed by atoms with Gasteiger partial charge in [-0.1, -0.05) is 12.1 Å². The van der Waals surface area contributed by atoms with Gasteiger partial charge < -0.3 is 15.2 Å². The fourth-order valence-corrected chi connectivity index (χ4v) is 2.09. The average Bonchev–Trinajstić information content (AvgIpc) is 2.41. The lowest BCUT2D eigenvalue weighted by Gasteiger charge is -2.28. The number of anilines is 1. The molecule has 19 heavy (non-hydrogen) atoms. The third kappa shape index (κ3) is 6.05. The first kappa shape index (κ1) is 16.0. The second-order valence-corrected chi connectivity index (χ2v) is 4.82. The molecule has 1 rings (SSSR count). The van der Waals surface area contributed by atoms with E-state index in [0.29, 0.717) is 6.04 Å². The topological polar surface area (TPSA) is 47.7 Å². The molecule has 0 aliphatic rings. The van der Waals surface area contributed by atoms with E-state index in [9.17, 15) is 0 Å². The summed E-state index contributed by atoms with van der Waals surface area (Å²) in [4.78, 5) is 2.39. The van der Waals surface area contributed by atoms with Gasteiger partial charge in [-0.05, 0) is 31.0 Å². The molecule has 0 aliphatic heterocycles. The Morgan fingerprint density at radius 1 is 1.05 bits per heavy atom. The zero-order valence-electron chi connectivity index (χ0n) is 12.3. The van der Waals surface area contributed by atoms with Crippen molar-refractivity contribution in [1.29, 1.82) is 0 Å². The van der Waals surface area contributed by atoms with Crippen LogP contribution in [0.25, 0.3) is 0 Å². The standard InChI is InChI=1S/C15H26N2O2/c1-13(12-14-4-6-15(16)7-5-14)17(8-10-18-2)9-11-19-3/h4-7,13H,8-12,16H2,1-3H3. The van der Waals surface area contributed by atoms with Crippen LogP contribution in [-0.4, -0.2) is 51.5 Å². The Morgan fingerprint density at radius 3 is 2.05 bits per heavy atom. The summed E-state index contributed by atoms with van der Waals surface area (Å²) >= 11 is 0. The maximum absolute atomic E-state index is 5.71. The van der Waals surface area contributed by atoms with Crippen LogP contribution in [0.2, 0.25) is 0 Å².